The summed E-state index contributed by atoms with van der Waals surface area (Å²) in [6.07, 6.45) is 0. The van der Waals surface area contributed by atoms with Gasteiger partial charge in [0.1, 0.15) is 0 Å². The van der Waals surface area contributed by atoms with Crippen LogP contribution in [0.5, 0.6) is 0 Å². The van der Waals surface area contributed by atoms with E-state index in [0.29, 0.717) is 24.7 Å². The third-order valence-corrected chi connectivity index (χ3v) is 5.40. The van der Waals surface area contributed by atoms with Crippen molar-refractivity contribution in [1.82, 2.24) is 15.1 Å². The van der Waals surface area contributed by atoms with Gasteiger partial charge in [0.25, 0.3) is 0 Å². The summed E-state index contributed by atoms with van der Waals surface area (Å²) in [6.45, 7) is 8.60. The number of hydrogen-bond donors (Lipinski definition) is 1. The summed E-state index contributed by atoms with van der Waals surface area (Å²) in [5.74, 6) is 0.960. The van der Waals surface area contributed by atoms with Crippen LogP contribution in [0.15, 0.2) is 6.07 Å². The minimum absolute atomic E-state index is 0.215. The summed E-state index contributed by atoms with van der Waals surface area (Å²) >= 11 is 0. The molecule has 2 amide bonds. The van der Waals surface area contributed by atoms with Crippen LogP contribution in [-0.2, 0) is 10.8 Å². The number of rotatable bonds is 1. The van der Waals surface area contributed by atoms with Crippen molar-refractivity contribution in [3.05, 3.63) is 17.3 Å². The Morgan fingerprint density at radius 1 is 1.40 bits per heavy atom. The Hall–Kier alpha value is -1.50. The van der Waals surface area contributed by atoms with E-state index >= 15 is 0 Å². The van der Waals surface area contributed by atoms with Crippen LogP contribution in [0, 0.1) is 13.8 Å². The monoisotopic (exact) mass is 296 g/mol. The van der Waals surface area contributed by atoms with Crippen LogP contribution in [0.4, 0.5) is 10.6 Å². The van der Waals surface area contributed by atoms with Crippen LogP contribution in [0.2, 0.25) is 0 Å². The van der Waals surface area contributed by atoms with Crippen LogP contribution in [0.1, 0.15) is 25.1 Å². The molecular weight excluding hydrogens is 276 g/mol. The van der Waals surface area contributed by atoms with Crippen molar-refractivity contribution >= 4 is 22.6 Å². The van der Waals surface area contributed by atoms with Gasteiger partial charge in [0.15, 0.2) is 5.82 Å². The Labute approximate surface area is 121 Å². The van der Waals surface area contributed by atoms with Crippen molar-refractivity contribution in [3.8, 4) is 0 Å². The summed E-state index contributed by atoms with van der Waals surface area (Å²) in [4.78, 5) is 13.9. The predicted molar refractivity (Wildman–Crippen MR) is 79.2 cm³/mol. The van der Waals surface area contributed by atoms with Gasteiger partial charge in [0, 0.05) is 29.6 Å². The zero-order chi connectivity index (χ0) is 14.9. The fourth-order valence-corrected chi connectivity index (χ4v) is 3.29. The summed E-state index contributed by atoms with van der Waals surface area (Å²) in [6, 6.07) is 1.58. The lowest BCUT2D eigenvalue weighted by molar-refractivity contribution is 0.207. The van der Waals surface area contributed by atoms with Crippen molar-refractivity contribution in [2.24, 2.45) is 0 Å². The molecule has 20 heavy (non-hydrogen) atoms. The van der Waals surface area contributed by atoms with E-state index in [2.05, 4.69) is 15.5 Å². The Balaban J connectivity index is 2.05. The Bertz CT molecular complexity index is 559. The molecule has 1 N–H and O–H groups in total. The van der Waals surface area contributed by atoms with E-state index in [4.69, 9.17) is 0 Å². The second-order valence-corrected chi connectivity index (χ2v) is 7.86. The molecule has 0 radical (unpaired) electrons. The maximum Gasteiger partial charge on any atom is 0.323 e. The smallest absolute Gasteiger partial charge is 0.322 e. The van der Waals surface area contributed by atoms with Gasteiger partial charge in [-0.05, 0) is 39.3 Å². The Morgan fingerprint density at radius 2 is 2.10 bits per heavy atom. The molecule has 0 aromatic carbocycles. The molecular formula is C13H20N4O2S. The lowest BCUT2D eigenvalue weighted by atomic mass is 10.2. The Kier molecular flexibility index (Phi) is 4.08. The SMILES string of the molecule is Cc1cc(NC(=O)N2CCS(=O)C(C)(C)C2)nnc1C. The maximum atomic E-state index is 12.2. The summed E-state index contributed by atoms with van der Waals surface area (Å²) in [7, 11) is -0.891. The van der Waals surface area contributed by atoms with Crippen LogP contribution >= 0.6 is 0 Å². The molecule has 0 aliphatic carbocycles. The summed E-state index contributed by atoms with van der Waals surface area (Å²) < 4.78 is 11.5. The number of aryl methyl sites for hydroxylation is 2. The molecule has 1 unspecified atom stereocenters. The minimum Gasteiger partial charge on any atom is -0.322 e. The zero-order valence-electron chi connectivity index (χ0n) is 12.3. The number of urea groups is 1. The predicted octanol–water partition coefficient (Wildman–Crippen LogP) is 1.47. The van der Waals surface area contributed by atoms with Gasteiger partial charge >= 0.3 is 6.03 Å². The minimum atomic E-state index is -0.891. The van der Waals surface area contributed by atoms with Crippen molar-refractivity contribution < 1.29 is 9.00 Å². The first-order valence-corrected chi connectivity index (χ1v) is 7.87. The van der Waals surface area contributed by atoms with Gasteiger partial charge in [-0.15, -0.1) is 5.10 Å². The highest BCUT2D eigenvalue weighted by molar-refractivity contribution is 7.86. The summed E-state index contributed by atoms with van der Waals surface area (Å²) in [5, 5.41) is 10.7. The molecule has 0 saturated carbocycles. The molecule has 1 fully saturated rings. The van der Waals surface area contributed by atoms with Crippen LogP contribution in [0.3, 0.4) is 0 Å². The summed E-state index contributed by atoms with van der Waals surface area (Å²) in [5.41, 5.74) is 1.83. The van der Waals surface area contributed by atoms with E-state index in [-0.39, 0.29) is 10.8 Å². The molecule has 2 heterocycles. The molecule has 6 nitrogen and oxygen atoms in total. The first-order chi connectivity index (χ1) is 9.29. The quantitative estimate of drug-likeness (QED) is 0.851. The average Bonchev–Trinajstić information content (AvgIpc) is 2.37. The van der Waals surface area contributed by atoms with Crippen LogP contribution in [-0.4, -0.2) is 48.9 Å². The number of nitrogens with one attached hydrogen (secondary N) is 1. The number of carbonyl (C=O) groups is 1. The van der Waals surface area contributed by atoms with Gasteiger partial charge in [-0.1, -0.05) is 0 Å². The number of anilines is 1. The maximum absolute atomic E-state index is 12.2. The largest absolute Gasteiger partial charge is 0.323 e. The molecule has 1 aromatic heterocycles. The third-order valence-electron chi connectivity index (χ3n) is 3.49. The fraction of sp³-hybridized carbons (Fsp3) is 0.615. The topological polar surface area (TPSA) is 75.2 Å². The highest BCUT2D eigenvalue weighted by Crippen LogP contribution is 2.20. The number of aromatic nitrogens is 2. The lowest BCUT2D eigenvalue weighted by Crippen LogP contribution is -2.53. The number of amides is 2. The average molecular weight is 296 g/mol. The first-order valence-electron chi connectivity index (χ1n) is 6.55. The van der Waals surface area contributed by atoms with E-state index in [1.54, 1.807) is 11.0 Å². The van der Waals surface area contributed by atoms with Gasteiger partial charge in [0.2, 0.25) is 0 Å². The van der Waals surface area contributed by atoms with Gasteiger partial charge in [-0.25, -0.2) is 4.79 Å². The number of carbonyl (C=O) groups excluding carboxylic acids is 1. The molecule has 1 aromatic rings. The van der Waals surface area contributed by atoms with E-state index < -0.39 is 10.8 Å². The first kappa shape index (κ1) is 14.9. The highest BCUT2D eigenvalue weighted by atomic mass is 32.2. The lowest BCUT2D eigenvalue weighted by Gasteiger charge is -2.36. The molecule has 110 valence electrons. The van der Waals surface area contributed by atoms with Gasteiger partial charge in [0.05, 0.1) is 10.4 Å². The molecule has 1 aliphatic rings. The highest BCUT2D eigenvalue weighted by Gasteiger charge is 2.35. The van der Waals surface area contributed by atoms with E-state index in [1.807, 2.05) is 27.7 Å². The van der Waals surface area contributed by atoms with Crippen LogP contribution < -0.4 is 5.32 Å². The van der Waals surface area contributed by atoms with Gasteiger partial charge in [-0.2, -0.15) is 5.10 Å². The normalized spacial score (nSPS) is 21.6. The molecule has 2 rings (SSSR count). The van der Waals surface area contributed by atoms with E-state index in [1.165, 1.54) is 0 Å². The number of hydrogen-bond acceptors (Lipinski definition) is 4. The fourth-order valence-electron chi connectivity index (χ4n) is 2.05. The second-order valence-electron chi connectivity index (χ2n) is 5.66. The standard InChI is InChI=1S/C13H20N4O2S/c1-9-7-11(16-15-10(9)2)14-12(18)17-5-6-20(19)13(3,4)8-17/h7H,5-6,8H2,1-4H3,(H,14,16,18). The van der Waals surface area contributed by atoms with Crippen molar-refractivity contribution in [2.45, 2.75) is 32.4 Å². The van der Waals surface area contributed by atoms with Gasteiger partial charge in [-0.3, -0.25) is 9.53 Å². The Morgan fingerprint density at radius 3 is 2.70 bits per heavy atom. The molecule has 1 atom stereocenters. The van der Waals surface area contributed by atoms with Crippen molar-refractivity contribution in [1.29, 1.82) is 0 Å². The zero-order valence-corrected chi connectivity index (χ0v) is 13.1. The molecule has 0 spiro atoms. The molecule has 1 saturated heterocycles. The van der Waals surface area contributed by atoms with E-state index in [9.17, 15) is 9.00 Å². The molecule has 1 aliphatic heterocycles. The second kappa shape index (κ2) is 5.47. The van der Waals surface area contributed by atoms with Crippen molar-refractivity contribution in [2.75, 3.05) is 24.2 Å². The number of nitrogens with zero attached hydrogens (tertiary/aromatic N) is 3. The van der Waals surface area contributed by atoms with E-state index in [0.717, 1.165) is 11.3 Å². The molecule has 0 bridgehead atoms. The van der Waals surface area contributed by atoms with Crippen LogP contribution in [0.25, 0.3) is 0 Å². The van der Waals surface area contributed by atoms with Gasteiger partial charge < -0.3 is 4.90 Å². The molecule has 7 heteroatoms. The van der Waals surface area contributed by atoms with Crippen molar-refractivity contribution in [3.63, 3.8) is 0 Å². The third kappa shape index (κ3) is 3.15.